The Hall–Kier alpha value is -1.29. The van der Waals surface area contributed by atoms with Gasteiger partial charge >= 0.3 is 0 Å². The predicted molar refractivity (Wildman–Crippen MR) is 42.2 cm³/mol. The monoisotopic (exact) mass is 170 g/mol. The molecule has 2 atom stereocenters. The van der Waals surface area contributed by atoms with Crippen molar-refractivity contribution < 1.29 is 4.92 Å². The number of nitrogens with zero attached hydrogens (tertiary/aromatic N) is 4. The first-order chi connectivity index (χ1) is 5.75. The van der Waals surface area contributed by atoms with Crippen LogP contribution in [0.1, 0.15) is 25.7 Å². The zero-order valence-electron chi connectivity index (χ0n) is 6.59. The first kappa shape index (κ1) is 8.80. The first-order valence-electron chi connectivity index (χ1n) is 3.93. The van der Waals surface area contributed by atoms with E-state index in [0.717, 1.165) is 12.8 Å². The maximum Gasteiger partial charge on any atom is 0.221 e. The third-order valence-corrected chi connectivity index (χ3v) is 2.16. The van der Waals surface area contributed by atoms with Gasteiger partial charge in [0.25, 0.3) is 0 Å². The SMILES string of the molecule is [N-]=[N+]=N[C@@H]1CCCC[C@@H]1[N+](=O)[O-]. The summed E-state index contributed by atoms with van der Waals surface area (Å²) in [6.45, 7) is 0. The van der Waals surface area contributed by atoms with Gasteiger partial charge in [-0.15, -0.1) is 0 Å². The van der Waals surface area contributed by atoms with Crippen LogP contribution < -0.4 is 0 Å². The van der Waals surface area contributed by atoms with Gasteiger partial charge in [0.2, 0.25) is 6.04 Å². The summed E-state index contributed by atoms with van der Waals surface area (Å²) in [5.74, 6) is 0. The Bertz CT molecular complexity index is 214. The summed E-state index contributed by atoms with van der Waals surface area (Å²) in [5.41, 5.74) is 8.15. The summed E-state index contributed by atoms with van der Waals surface area (Å²) < 4.78 is 0. The van der Waals surface area contributed by atoms with Crippen LogP contribution in [0.2, 0.25) is 0 Å². The second-order valence-electron chi connectivity index (χ2n) is 2.91. The zero-order chi connectivity index (χ0) is 8.97. The van der Waals surface area contributed by atoms with Crippen LogP contribution in [0, 0.1) is 10.1 Å². The topological polar surface area (TPSA) is 91.9 Å². The van der Waals surface area contributed by atoms with Crippen LogP contribution in [-0.2, 0) is 0 Å². The van der Waals surface area contributed by atoms with Crippen molar-refractivity contribution in [1.82, 2.24) is 0 Å². The molecule has 0 spiro atoms. The molecule has 6 nitrogen and oxygen atoms in total. The molecule has 0 aromatic carbocycles. The van der Waals surface area contributed by atoms with Crippen LogP contribution in [0.3, 0.4) is 0 Å². The number of hydrogen-bond donors (Lipinski definition) is 0. The molecule has 0 unspecified atom stereocenters. The van der Waals surface area contributed by atoms with Gasteiger partial charge < -0.3 is 0 Å². The molecule has 66 valence electrons. The van der Waals surface area contributed by atoms with E-state index < -0.39 is 12.1 Å². The summed E-state index contributed by atoms with van der Waals surface area (Å²) in [4.78, 5) is 12.7. The normalized spacial score (nSPS) is 29.0. The van der Waals surface area contributed by atoms with Crippen molar-refractivity contribution in [2.45, 2.75) is 37.8 Å². The largest absolute Gasteiger partial charge is 0.264 e. The van der Waals surface area contributed by atoms with Crippen molar-refractivity contribution in [2.75, 3.05) is 0 Å². The van der Waals surface area contributed by atoms with E-state index in [1.54, 1.807) is 0 Å². The number of nitro groups is 1. The highest BCUT2D eigenvalue weighted by atomic mass is 16.6. The molecule has 0 heterocycles. The molecule has 0 amide bonds. The molecule has 0 saturated heterocycles. The van der Waals surface area contributed by atoms with Crippen LogP contribution >= 0.6 is 0 Å². The second kappa shape index (κ2) is 3.92. The van der Waals surface area contributed by atoms with Crippen LogP contribution in [0.15, 0.2) is 5.11 Å². The smallest absolute Gasteiger partial charge is 0.221 e. The number of rotatable bonds is 2. The van der Waals surface area contributed by atoms with Crippen LogP contribution in [0.5, 0.6) is 0 Å². The number of azide groups is 1. The second-order valence-corrected chi connectivity index (χ2v) is 2.91. The van der Waals surface area contributed by atoms with E-state index in [2.05, 4.69) is 10.0 Å². The Morgan fingerprint density at radius 1 is 1.50 bits per heavy atom. The van der Waals surface area contributed by atoms with Crippen molar-refractivity contribution in [3.05, 3.63) is 20.6 Å². The molecule has 0 bridgehead atoms. The van der Waals surface area contributed by atoms with E-state index in [4.69, 9.17) is 5.53 Å². The highest BCUT2D eigenvalue weighted by Crippen LogP contribution is 2.23. The average molecular weight is 170 g/mol. The molecular weight excluding hydrogens is 160 g/mol. The van der Waals surface area contributed by atoms with Crippen molar-refractivity contribution in [2.24, 2.45) is 5.11 Å². The molecule has 0 radical (unpaired) electrons. The minimum atomic E-state index is -0.658. The van der Waals surface area contributed by atoms with Crippen LogP contribution in [0.4, 0.5) is 0 Å². The molecule has 6 heteroatoms. The lowest BCUT2D eigenvalue weighted by Gasteiger charge is -2.20. The Morgan fingerprint density at radius 3 is 2.75 bits per heavy atom. The Labute approximate surface area is 69.3 Å². The molecule has 1 aliphatic carbocycles. The highest BCUT2D eigenvalue weighted by molar-refractivity contribution is 4.80. The summed E-state index contributed by atoms with van der Waals surface area (Å²) in [7, 11) is 0. The molecule has 0 aromatic rings. The van der Waals surface area contributed by atoms with E-state index in [1.165, 1.54) is 0 Å². The fraction of sp³-hybridized carbons (Fsp3) is 1.00. The summed E-state index contributed by atoms with van der Waals surface area (Å²) in [5, 5.41) is 13.9. The maximum atomic E-state index is 10.5. The van der Waals surface area contributed by atoms with Gasteiger partial charge in [0.15, 0.2) is 0 Å². The predicted octanol–water partition coefficient (Wildman–Crippen LogP) is 1.88. The fourth-order valence-electron chi connectivity index (χ4n) is 1.54. The molecule has 0 N–H and O–H groups in total. The lowest BCUT2D eigenvalue weighted by atomic mass is 9.91. The lowest BCUT2D eigenvalue weighted by Crippen LogP contribution is -2.34. The lowest BCUT2D eigenvalue weighted by molar-refractivity contribution is -0.528. The van der Waals surface area contributed by atoms with Gasteiger partial charge in [-0.2, -0.15) is 0 Å². The standard InChI is InChI=1S/C6H10N4O2/c7-9-8-5-3-1-2-4-6(5)10(11)12/h5-6H,1-4H2/t5-,6+/m1/s1. The molecule has 1 aliphatic rings. The molecule has 1 fully saturated rings. The van der Waals surface area contributed by atoms with Gasteiger partial charge in [-0.05, 0) is 18.4 Å². The van der Waals surface area contributed by atoms with Crippen LogP contribution in [-0.4, -0.2) is 17.0 Å². The summed E-state index contributed by atoms with van der Waals surface area (Å²) in [6.07, 6.45) is 2.98. The Morgan fingerprint density at radius 2 is 2.17 bits per heavy atom. The molecule has 0 aliphatic heterocycles. The fourth-order valence-corrected chi connectivity index (χ4v) is 1.54. The molecular formula is C6H10N4O2. The molecule has 1 rings (SSSR count). The minimum Gasteiger partial charge on any atom is -0.264 e. The van der Waals surface area contributed by atoms with Crippen molar-refractivity contribution in [3.8, 4) is 0 Å². The molecule has 0 aromatic heterocycles. The average Bonchev–Trinajstić information content (AvgIpc) is 2.05. The van der Waals surface area contributed by atoms with E-state index in [0.29, 0.717) is 12.8 Å². The van der Waals surface area contributed by atoms with Crippen molar-refractivity contribution >= 4 is 0 Å². The van der Waals surface area contributed by atoms with Crippen LogP contribution in [0.25, 0.3) is 10.4 Å². The maximum absolute atomic E-state index is 10.5. The van der Waals surface area contributed by atoms with E-state index in [1.807, 2.05) is 0 Å². The first-order valence-corrected chi connectivity index (χ1v) is 3.93. The Kier molecular flexibility index (Phi) is 2.88. The van der Waals surface area contributed by atoms with Crippen molar-refractivity contribution in [3.63, 3.8) is 0 Å². The van der Waals surface area contributed by atoms with Gasteiger partial charge in [0.1, 0.15) is 6.04 Å². The number of hydrogen-bond acceptors (Lipinski definition) is 3. The quantitative estimate of drug-likeness (QED) is 0.208. The van der Waals surface area contributed by atoms with Gasteiger partial charge in [0.05, 0.1) is 0 Å². The van der Waals surface area contributed by atoms with E-state index >= 15 is 0 Å². The molecule has 12 heavy (non-hydrogen) atoms. The van der Waals surface area contributed by atoms with Crippen molar-refractivity contribution in [1.29, 1.82) is 0 Å². The van der Waals surface area contributed by atoms with Gasteiger partial charge in [-0.1, -0.05) is 11.5 Å². The zero-order valence-corrected chi connectivity index (χ0v) is 6.59. The van der Waals surface area contributed by atoms with Gasteiger partial charge in [-0.25, -0.2) is 0 Å². The van der Waals surface area contributed by atoms with E-state index in [9.17, 15) is 10.1 Å². The highest BCUT2D eigenvalue weighted by Gasteiger charge is 2.32. The van der Waals surface area contributed by atoms with Gasteiger partial charge in [0, 0.05) is 16.3 Å². The minimum absolute atomic E-state index is 0.335. The van der Waals surface area contributed by atoms with E-state index in [-0.39, 0.29) is 4.92 Å². The van der Waals surface area contributed by atoms with Gasteiger partial charge in [-0.3, -0.25) is 10.1 Å². The Balaban J connectivity index is 2.66. The summed E-state index contributed by atoms with van der Waals surface area (Å²) >= 11 is 0. The third kappa shape index (κ3) is 1.85. The summed E-state index contributed by atoms with van der Waals surface area (Å²) in [6, 6.07) is -1.09. The molecule has 1 saturated carbocycles. The third-order valence-electron chi connectivity index (χ3n) is 2.16.